The number of hydrogen-bond acceptors (Lipinski definition) is 5. The van der Waals surface area contributed by atoms with Crippen molar-refractivity contribution in [1.29, 1.82) is 0 Å². The van der Waals surface area contributed by atoms with Gasteiger partial charge in [0.15, 0.2) is 0 Å². The molecule has 1 aliphatic rings. The Morgan fingerprint density at radius 1 is 0.806 bits per heavy atom. The van der Waals surface area contributed by atoms with E-state index in [0.717, 1.165) is 0 Å². The van der Waals surface area contributed by atoms with E-state index in [4.69, 9.17) is 9.47 Å². The van der Waals surface area contributed by atoms with Gasteiger partial charge in [-0.2, -0.15) is 0 Å². The first kappa shape index (κ1) is 22.3. The minimum atomic E-state index is -0.777. The van der Waals surface area contributed by atoms with Crippen LogP contribution < -0.4 is 4.74 Å². The van der Waals surface area contributed by atoms with Crippen molar-refractivity contribution in [2.24, 2.45) is 0 Å². The summed E-state index contributed by atoms with van der Waals surface area (Å²) >= 11 is 0. The molecule has 31 heavy (non-hydrogen) atoms. The van der Waals surface area contributed by atoms with E-state index < -0.39 is 6.16 Å². The number of piperazine rings is 1. The zero-order valence-corrected chi connectivity index (χ0v) is 18.2. The van der Waals surface area contributed by atoms with Crippen LogP contribution in [0.15, 0.2) is 48.5 Å². The molecule has 1 saturated heterocycles. The molecule has 2 amide bonds. The molecular formula is C24H28N2O5. The third-order valence-corrected chi connectivity index (χ3v) is 5.24. The van der Waals surface area contributed by atoms with Crippen LogP contribution >= 0.6 is 0 Å². The van der Waals surface area contributed by atoms with Gasteiger partial charge in [0, 0.05) is 37.3 Å². The van der Waals surface area contributed by atoms with Gasteiger partial charge in [-0.3, -0.25) is 9.59 Å². The molecule has 0 N–H and O–H groups in total. The first-order valence-corrected chi connectivity index (χ1v) is 10.5. The lowest BCUT2D eigenvalue weighted by Crippen LogP contribution is -2.50. The highest BCUT2D eigenvalue weighted by atomic mass is 16.7. The van der Waals surface area contributed by atoms with Crippen LogP contribution in [-0.2, 0) is 4.74 Å². The van der Waals surface area contributed by atoms with E-state index in [0.29, 0.717) is 49.0 Å². The Balaban J connectivity index is 1.54. The summed E-state index contributed by atoms with van der Waals surface area (Å²) in [7, 11) is 0. The Bertz CT molecular complexity index is 914. The first-order valence-electron chi connectivity index (χ1n) is 10.5. The van der Waals surface area contributed by atoms with Crippen molar-refractivity contribution in [2.45, 2.75) is 26.7 Å². The van der Waals surface area contributed by atoms with Gasteiger partial charge in [0.1, 0.15) is 5.75 Å². The van der Waals surface area contributed by atoms with Gasteiger partial charge in [-0.1, -0.05) is 26.0 Å². The van der Waals surface area contributed by atoms with Crippen molar-refractivity contribution in [3.8, 4) is 5.75 Å². The standard InChI is InChI=1S/C24H28N2O5/c1-4-30-24(29)31-21-11-9-20(10-12-21)23(28)26-15-13-25(14-16-26)22(27)19-7-5-18(6-8-19)17(2)3/h5-12,17H,4,13-16H2,1-3H3. The molecule has 1 aliphatic heterocycles. The fourth-order valence-corrected chi connectivity index (χ4v) is 3.40. The molecule has 0 unspecified atom stereocenters. The Labute approximate surface area is 182 Å². The average Bonchev–Trinajstić information content (AvgIpc) is 2.79. The zero-order chi connectivity index (χ0) is 22.4. The molecule has 0 spiro atoms. The van der Waals surface area contributed by atoms with Crippen molar-refractivity contribution in [3.05, 3.63) is 65.2 Å². The molecule has 2 aromatic carbocycles. The highest BCUT2D eigenvalue weighted by molar-refractivity contribution is 5.96. The fourth-order valence-electron chi connectivity index (χ4n) is 3.40. The molecule has 7 nitrogen and oxygen atoms in total. The number of ether oxygens (including phenoxy) is 2. The van der Waals surface area contributed by atoms with Crippen molar-refractivity contribution >= 4 is 18.0 Å². The number of nitrogens with zero attached hydrogens (tertiary/aromatic N) is 2. The molecule has 1 fully saturated rings. The summed E-state index contributed by atoms with van der Waals surface area (Å²) in [6.45, 7) is 8.07. The molecule has 2 aromatic rings. The Morgan fingerprint density at radius 3 is 1.68 bits per heavy atom. The van der Waals surface area contributed by atoms with Crippen molar-refractivity contribution in [2.75, 3.05) is 32.8 Å². The highest BCUT2D eigenvalue weighted by Gasteiger charge is 2.25. The van der Waals surface area contributed by atoms with Gasteiger partial charge in [-0.05, 0) is 54.8 Å². The maximum atomic E-state index is 12.8. The third kappa shape index (κ3) is 5.63. The smallest absolute Gasteiger partial charge is 0.434 e. The number of amides is 2. The first-order chi connectivity index (χ1) is 14.9. The van der Waals surface area contributed by atoms with Crippen LogP contribution in [0.25, 0.3) is 0 Å². The summed E-state index contributed by atoms with van der Waals surface area (Å²) in [6.07, 6.45) is -0.777. The Morgan fingerprint density at radius 2 is 1.26 bits per heavy atom. The molecule has 7 heteroatoms. The molecule has 1 heterocycles. The number of benzene rings is 2. The maximum Gasteiger partial charge on any atom is 0.513 e. The van der Waals surface area contributed by atoms with Gasteiger partial charge < -0.3 is 19.3 Å². The SMILES string of the molecule is CCOC(=O)Oc1ccc(C(=O)N2CCN(C(=O)c3ccc(C(C)C)cc3)CC2)cc1. The van der Waals surface area contributed by atoms with Crippen LogP contribution in [0, 0.1) is 0 Å². The third-order valence-electron chi connectivity index (χ3n) is 5.24. The number of rotatable bonds is 5. The van der Waals surface area contributed by atoms with Crippen LogP contribution in [0.3, 0.4) is 0 Å². The molecule has 3 rings (SSSR count). The lowest BCUT2D eigenvalue weighted by atomic mass is 10.0. The van der Waals surface area contributed by atoms with Crippen molar-refractivity contribution in [1.82, 2.24) is 9.80 Å². The van der Waals surface area contributed by atoms with Gasteiger partial charge in [-0.25, -0.2) is 4.79 Å². The van der Waals surface area contributed by atoms with E-state index in [1.807, 2.05) is 24.3 Å². The predicted octanol–water partition coefficient (Wildman–Crippen LogP) is 3.94. The molecule has 0 bridgehead atoms. The highest BCUT2D eigenvalue weighted by Crippen LogP contribution is 2.18. The Hall–Kier alpha value is -3.35. The van der Waals surface area contributed by atoms with Crippen LogP contribution in [0.5, 0.6) is 5.75 Å². The van der Waals surface area contributed by atoms with Crippen LogP contribution in [0.2, 0.25) is 0 Å². The quantitative estimate of drug-likeness (QED) is 0.537. The monoisotopic (exact) mass is 424 g/mol. The second-order valence-electron chi connectivity index (χ2n) is 7.67. The number of carbonyl (C=O) groups excluding carboxylic acids is 3. The molecule has 0 radical (unpaired) electrons. The summed E-state index contributed by atoms with van der Waals surface area (Å²) in [5.74, 6) is 0.609. The molecule has 0 saturated carbocycles. The lowest BCUT2D eigenvalue weighted by Gasteiger charge is -2.35. The summed E-state index contributed by atoms with van der Waals surface area (Å²) in [6, 6.07) is 14.1. The van der Waals surface area contributed by atoms with Gasteiger partial charge in [0.05, 0.1) is 6.61 Å². The maximum absolute atomic E-state index is 12.8. The molecule has 164 valence electrons. The van der Waals surface area contributed by atoms with E-state index in [-0.39, 0.29) is 18.4 Å². The van der Waals surface area contributed by atoms with Gasteiger partial charge in [0.25, 0.3) is 11.8 Å². The average molecular weight is 424 g/mol. The van der Waals surface area contributed by atoms with Crippen molar-refractivity contribution < 1.29 is 23.9 Å². The minimum Gasteiger partial charge on any atom is -0.434 e. The summed E-state index contributed by atoms with van der Waals surface area (Å²) in [5, 5.41) is 0. The molecule has 0 aromatic heterocycles. The summed E-state index contributed by atoms with van der Waals surface area (Å²) < 4.78 is 9.74. The van der Waals surface area contributed by atoms with Crippen LogP contribution in [0.1, 0.15) is 53.0 Å². The van der Waals surface area contributed by atoms with Crippen LogP contribution in [0.4, 0.5) is 4.79 Å². The van der Waals surface area contributed by atoms with Gasteiger partial charge in [-0.15, -0.1) is 0 Å². The molecule has 0 aliphatic carbocycles. The van der Waals surface area contributed by atoms with Gasteiger partial charge >= 0.3 is 6.16 Å². The lowest BCUT2D eigenvalue weighted by molar-refractivity contribution is 0.0535. The van der Waals surface area contributed by atoms with E-state index >= 15 is 0 Å². The predicted molar refractivity (Wildman–Crippen MR) is 116 cm³/mol. The minimum absolute atomic E-state index is 0.0112. The number of carbonyl (C=O) groups is 3. The van der Waals surface area contributed by atoms with Crippen molar-refractivity contribution in [3.63, 3.8) is 0 Å². The van der Waals surface area contributed by atoms with Gasteiger partial charge in [0.2, 0.25) is 0 Å². The normalized spacial score (nSPS) is 13.8. The molecular weight excluding hydrogens is 396 g/mol. The summed E-state index contributed by atoms with van der Waals surface area (Å²) in [5.41, 5.74) is 2.37. The van der Waals surface area contributed by atoms with E-state index in [2.05, 4.69) is 13.8 Å². The van der Waals surface area contributed by atoms with E-state index in [1.54, 1.807) is 41.0 Å². The van der Waals surface area contributed by atoms with E-state index in [9.17, 15) is 14.4 Å². The van der Waals surface area contributed by atoms with Crippen LogP contribution in [-0.4, -0.2) is 60.6 Å². The van der Waals surface area contributed by atoms with E-state index in [1.165, 1.54) is 5.56 Å². The second-order valence-corrected chi connectivity index (χ2v) is 7.67. The topological polar surface area (TPSA) is 76.2 Å². The largest absolute Gasteiger partial charge is 0.513 e. The fraction of sp³-hybridized carbons (Fsp3) is 0.375. The zero-order valence-electron chi connectivity index (χ0n) is 18.2. The summed E-state index contributed by atoms with van der Waals surface area (Å²) in [4.78, 5) is 40.4. The molecule has 0 atom stereocenters. The second kappa shape index (κ2) is 10.1. The number of hydrogen-bond donors (Lipinski definition) is 0. The Kier molecular flexibility index (Phi) is 7.28.